The second kappa shape index (κ2) is 3.18. The second-order valence-corrected chi connectivity index (χ2v) is 5.31. The number of hydrogen-bond donors (Lipinski definition) is 0. The highest BCUT2D eigenvalue weighted by Crippen LogP contribution is 2.57. The van der Waals surface area contributed by atoms with Crippen molar-refractivity contribution < 1.29 is 4.52 Å². The van der Waals surface area contributed by atoms with Crippen LogP contribution in [0.3, 0.4) is 0 Å². The maximum absolute atomic E-state index is 6.05. The average molecular weight is 194 g/mol. The molecule has 0 saturated carbocycles. The Morgan fingerprint density at radius 3 is 3.09 bits per heavy atom. The predicted molar refractivity (Wildman–Crippen MR) is 47.7 cm³/mol. The van der Waals surface area contributed by atoms with Crippen LogP contribution < -0.4 is 0 Å². The minimum absolute atomic E-state index is 0.360. The van der Waals surface area contributed by atoms with Gasteiger partial charge in [-0.15, -0.1) is 0 Å². The van der Waals surface area contributed by atoms with Gasteiger partial charge in [0.15, 0.2) is 0 Å². The van der Waals surface area contributed by atoms with Crippen LogP contribution in [-0.2, 0) is 4.52 Å². The molecule has 2 saturated heterocycles. The normalized spacial score (nSPS) is 45.8. The lowest BCUT2D eigenvalue weighted by Crippen LogP contribution is -2.35. The molecule has 2 fully saturated rings. The highest BCUT2D eigenvalue weighted by atomic mass is 35.7. The van der Waals surface area contributed by atoms with Crippen molar-refractivity contribution >= 4 is 18.9 Å². The van der Waals surface area contributed by atoms with Gasteiger partial charge in [0.1, 0.15) is 0 Å². The van der Waals surface area contributed by atoms with Crippen LogP contribution in [0.5, 0.6) is 0 Å². The van der Waals surface area contributed by atoms with Crippen LogP contribution in [-0.4, -0.2) is 23.4 Å². The Kier molecular flexibility index (Phi) is 2.38. The van der Waals surface area contributed by atoms with Gasteiger partial charge in [-0.1, -0.05) is 6.42 Å². The Morgan fingerprint density at radius 1 is 1.55 bits per heavy atom. The molecule has 2 aliphatic heterocycles. The maximum atomic E-state index is 6.05. The van der Waals surface area contributed by atoms with Gasteiger partial charge in [-0.25, -0.2) is 4.67 Å². The molecule has 11 heavy (non-hydrogen) atoms. The van der Waals surface area contributed by atoms with Gasteiger partial charge in [-0.2, -0.15) is 0 Å². The molecule has 4 heteroatoms. The highest BCUT2D eigenvalue weighted by molar-refractivity contribution is 7.78. The molecular formula is C7H13ClNOP. The van der Waals surface area contributed by atoms with Gasteiger partial charge >= 0.3 is 0 Å². The average Bonchev–Trinajstić information content (AvgIpc) is 2.30. The quantitative estimate of drug-likeness (QED) is 0.549. The highest BCUT2D eigenvalue weighted by Gasteiger charge is 2.40. The largest absolute Gasteiger partial charge is 0.327 e. The minimum atomic E-state index is -0.756. The first kappa shape index (κ1) is 8.25. The topological polar surface area (TPSA) is 12.5 Å². The van der Waals surface area contributed by atoms with Gasteiger partial charge in [0.05, 0.1) is 6.10 Å². The lowest BCUT2D eigenvalue weighted by molar-refractivity contribution is 0.185. The zero-order valence-corrected chi connectivity index (χ0v) is 8.31. The molecule has 2 nitrogen and oxygen atoms in total. The summed E-state index contributed by atoms with van der Waals surface area (Å²) in [5.74, 6) is 0. The van der Waals surface area contributed by atoms with Crippen LogP contribution in [0.1, 0.15) is 26.2 Å². The van der Waals surface area contributed by atoms with Crippen molar-refractivity contribution in [2.75, 3.05) is 6.54 Å². The molecule has 0 aromatic heterocycles. The number of halogens is 1. The van der Waals surface area contributed by atoms with Gasteiger partial charge in [0.25, 0.3) is 0 Å². The van der Waals surface area contributed by atoms with E-state index in [-0.39, 0.29) is 0 Å². The van der Waals surface area contributed by atoms with E-state index in [4.69, 9.17) is 15.8 Å². The Bertz CT molecular complexity index is 141. The van der Waals surface area contributed by atoms with E-state index in [9.17, 15) is 0 Å². The molecule has 0 aliphatic carbocycles. The van der Waals surface area contributed by atoms with E-state index in [1.807, 2.05) is 0 Å². The standard InChI is InChI=1S/C7H13ClNOP/c1-6-7-4-2-3-5-9(7)11(8)10-6/h6-7H,2-5H2,1H3. The van der Waals surface area contributed by atoms with E-state index in [0.717, 1.165) is 6.54 Å². The molecule has 3 unspecified atom stereocenters. The second-order valence-electron chi connectivity index (χ2n) is 3.26. The number of fused-ring (bicyclic) bond motifs is 1. The van der Waals surface area contributed by atoms with E-state index in [1.54, 1.807) is 0 Å². The van der Waals surface area contributed by atoms with Crippen molar-refractivity contribution in [1.82, 2.24) is 4.67 Å². The first-order chi connectivity index (χ1) is 5.29. The maximum Gasteiger partial charge on any atom is 0.207 e. The summed E-state index contributed by atoms with van der Waals surface area (Å²) in [6, 6.07) is 0.618. The third-order valence-corrected chi connectivity index (χ3v) is 4.75. The van der Waals surface area contributed by atoms with E-state index < -0.39 is 7.65 Å². The van der Waals surface area contributed by atoms with Crippen LogP contribution in [0.2, 0.25) is 0 Å². The van der Waals surface area contributed by atoms with Gasteiger partial charge in [0.2, 0.25) is 7.65 Å². The number of rotatable bonds is 0. The third-order valence-electron chi connectivity index (χ3n) is 2.52. The summed E-state index contributed by atoms with van der Waals surface area (Å²) in [6.45, 7) is 3.28. The summed E-state index contributed by atoms with van der Waals surface area (Å²) in [7, 11) is -0.756. The molecule has 2 heterocycles. The first-order valence-electron chi connectivity index (χ1n) is 4.18. The zero-order chi connectivity index (χ0) is 7.84. The van der Waals surface area contributed by atoms with Crippen molar-refractivity contribution in [3.05, 3.63) is 0 Å². The van der Waals surface area contributed by atoms with Crippen LogP contribution in [0.25, 0.3) is 0 Å². The van der Waals surface area contributed by atoms with E-state index in [1.165, 1.54) is 19.3 Å². The van der Waals surface area contributed by atoms with Gasteiger partial charge in [-0.05, 0) is 31.0 Å². The van der Waals surface area contributed by atoms with Gasteiger partial charge in [-0.3, -0.25) is 0 Å². The first-order valence-corrected chi connectivity index (χ1v) is 6.30. The summed E-state index contributed by atoms with van der Waals surface area (Å²) in [5.41, 5.74) is 0. The smallest absolute Gasteiger partial charge is 0.207 e. The Labute approximate surface area is 73.5 Å². The Morgan fingerprint density at radius 2 is 2.36 bits per heavy atom. The molecular weight excluding hydrogens is 181 g/mol. The van der Waals surface area contributed by atoms with Crippen molar-refractivity contribution in [2.24, 2.45) is 0 Å². The molecule has 64 valence electrons. The molecule has 0 radical (unpaired) electrons. The third kappa shape index (κ3) is 1.42. The summed E-state index contributed by atoms with van der Waals surface area (Å²) in [5, 5.41) is 0. The minimum Gasteiger partial charge on any atom is -0.327 e. The summed E-state index contributed by atoms with van der Waals surface area (Å²) < 4.78 is 7.90. The molecule has 2 aliphatic rings. The fourth-order valence-electron chi connectivity index (χ4n) is 1.88. The summed E-state index contributed by atoms with van der Waals surface area (Å²) in [4.78, 5) is 0. The molecule has 0 aromatic carbocycles. The fraction of sp³-hybridized carbons (Fsp3) is 1.00. The molecule has 2 rings (SSSR count). The van der Waals surface area contributed by atoms with E-state index in [2.05, 4.69) is 11.6 Å². The van der Waals surface area contributed by atoms with Crippen molar-refractivity contribution in [3.63, 3.8) is 0 Å². The lowest BCUT2D eigenvalue weighted by atomic mass is 10.0. The fourth-order valence-corrected chi connectivity index (χ4v) is 4.19. The summed E-state index contributed by atoms with van der Waals surface area (Å²) >= 11 is 6.05. The van der Waals surface area contributed by atoms with Crippen LogP contribution in [0.15, 0.2) is 0 Å². The predicted octanol–water partition coefficient (Wildman–Crippen LogP) is 2.73. The molecule has 0 N–H and O–H groups in total. The van der Waals surface area contributed by atoms with Crippen molar-refractivity contribution in [3.8, 4) is 0 Å². The zero-order valence-electron chi connectivity index (χ0n) is 6.66. The van der Waals surface area contributed by atoms with Crippen molar-refractivity contribution in [2.45, 2.75) is 38.3 Å². The molecule has 0 bridgehead atoms. The van der Waals surface area contributed by atoms with E-state index >= 15 is 0 Å². The molecule has 3 atom stereocenters. The van der Waals surface area contributed by atoms with Crippen LogP contribution in [0.4, 0.5) is 0 Å². The number of hydrogen-bond acceptors (Lipinski definition) is 2. The molecule has 0 amide bonds. The Balaban J connectivity index is 2.07. The van der Waals surface area contributed by atoms with Crippen LogP contribution >= 0.6 is 18.9 Å². The number of nitrogens with zero attached hydrogens (tertiary/aromatic N) is 1. The Hall–Kier alpha value is 0.640. The van der Waals surface area contributed by atoms with Crippen LogP contribution in [0, 0.1) is 0 Å². The SMILES string of the molecule is CC1OP(Cl)N2CCCCC12. The summed E-state index contributed by atoms with van der Waals surface area (Å²) in [6.07, 6.45) is 4.26. The van der Waals surface area contributed by atoms with Gasteiger partial charge in [0, 0.05) is 12.6 Å². The van der Waals surface area contributed by atoms with Crippen molar-refractivity contribution in [1.29, 1.82) is 0 Å². The molecule has 0 spiro atoms. The lowest BCUT2D eigenvalue weighted by Gasteiger charge is -2.29. The van der Waals surface area contributed by atoms with Gasteiger partial charge < -0.3 is 4.52 Å². The number of piperidine rings is 1. The molecule has 0 aromatic rings. The van der Waals surface area contributed by atoms with E-state index in [0.29, 0.717) is 12.1 Å². The monoisotopic (exact) mass is 193 g/mol.